The number of ether oxygens (including phenoxy) is 4. The quantitative estimate of drug-likeness (QED) is 0.285. The smallest absolute Gasteiger partial charge is 0.0701 e. The average molecular weight is 388 g/mol. The summed E-state index contributed by atoms with van der Waals surface area (Å²) >= 11 is 0. The van der Waals surface area contributed by atoms with E-state index >= 15 is 0 Å². The second kappa shape index (κ2) is 23.8. The van der Waals surface area contributed by atoms with Gasteiger partial charge in [0.2, 0.25) is 0 Å². The monoisotopic (exact) mass is 387 g/mol. The summed E-state index contributed by atoms with van der Waals surface area (Å²) in [6.45, 7) is -8.97. The molecule has 0 aliphatic carbocycles. The first-order valence-corrected chi connectivity index (χ1v) is 7.29. The number of aliphatic hydroxyl groups excluding tert-OH is 1. The summed E-state index contributed by atoms with van der Waals surface area (Å²) in [6.07, 6.45) is -46.3. The van der Waals surface area contributed by atoms with Gasteiger partial charge in [-0.05, 0) is 6.37 Å². The van der Waals surface area contributed by atoms with E-state index < -0.39 is 90.4 Å². The van der Waals surface area contributed by atoms with E-state index in [2.05, 4.69) is 0 Å². The zero-order chi connectivity index (χ0) is 40.5. The molecule has 152 valence electrons. The van der Waals surface area contributed by atoms with Gasteiger partial charge in [0.1, 0.15) is 0 Å². The summed E-state index contributed by atoms with van der Waals surface area (Å²) < 4.78 is 219. The number of rotatable bonds is 22. The van der Waals surface area contributed by atoms with Crippen molar-refractivity contribution in [3.8, 4) is 0 Å². The lowest BCUT2D eigenvalue weighted by Gasteiger charge is -2.07. The molecule has 0 unspecified atom stereocenters. The van der Waals surface area contributed by atoms with E-state index in [1.807, 2.05) is 0 Å². The molecule has 0 saturated heterocycles. The molecule has 5 nitrogen and oxygen atoms in total. The molecule has 5 heteroatoms. The fraction of sp³-hybridized carbons (Fsp3) is 1.00. The first kappa shape index (κ1) is 5.90. The Morgan fingerprint density at radius 3 is 1.56 bits per heavy atom. The molecule has 0 amide bonds. The molecule has 0 fully saturated rings. The van der Waals surface area contributed by atoms with Crippen LogP contribution in [0.15, 0.2) is 0 Å². The zero-order valence-electron chi connectivity index (χ0n) is 38.7. The van der Waals surface area contributed by atoms with Crippen LogP contribution >= 0.6 is 0 Å². The van der Waals surface area contributed by atoms with Gasteiger partial charge in [0.15, 0.2) is 0 Å². The van der Waals surface area contributed by atoms with Gasteiger partial charge in [0.05, 0.1) is 55.6 Å². The van der Waals surface area contributed by atoms with Crippen LogP contribution in [-0.4, -0.2) is 64.5 Å². The highest BCUT2D eigenvalue weighted by atomic mass is 16.6. The molecule has 1 N–H and O–H groups in total. The van der Waals surface area contributed by atoms with Crippen LogP contribution in [0.5, 0.6) is 0 Å². The van der Waals surface area contributed by atoms with Gasteiger partial charge >= 0.3 is 0 Å². The van der Waals surface area contributed by atoms with Crippen LogP contribution in [0.2, 0.25) is 0 Å². The Morgan fingerprint density at radius 1 is 0.600 bits per heavy atom. The standard InChI is InChI=1S/C20H42O5/c1-2-3-4-5-6-7-8-9-10-11-13-22-15-17-24-19-20-25-18-16-23-14-12-21/h21H,2-20H2,1H3/i1D3,2D2,3D2,4D2,5D2,6D2,7D2,8D2,9D2,10D2,11D2,13D2. The van der Waals surface area contributed by atoms with Gasteiger partial charge in [-0.3, -0.25) is 0 Å². The molecule has 0 atom stereocenters. The summed E-state index contributed by atoms with van der Waals surface area (Å²) in [7, 11) is 0. The van der Waals surface area contributed by atoms with E-state index in [1.165, 1.54) is 0 Å². The molecule has 0 bridgehead atoms. The molecule has 0 spiro atoms. The fourth-order valence-corrected chi connectivity index (χ4v) is 1.07. The SMILES string of the molecule is [2H]C([2H])([2H])C([2H])([2H])C([2H])([2H])C([2H])([2H])C([2H])([2H])C([2H])([2H])C([2H])([2H])C([2H])([2H])C([2H])([2H])C([2H])([2H])C([2H])([2H])C([2H])([2H])OCCOCCOCCOCCO. The molecule has 0 heterocycles. The lowest BCUT2D eigenvalue weighted by molar-refractivity contribution is -0.00577. The minimum absolute atomic E-state index is 0.0140. The highest BCUT2D eigenvalue weighted by Gasteiger charge is 1.94. The number of hydrogen-bond donors (Lipinski definition) is 1. The van der Waals surface area contributed by atoms with E-state index in [-0.39, 0.29) is 39.6 Å². The molecular formula is C20H42O5. The van der Waals surface area contributed by atoms with Gasteiger partial charge in [-0.2, -0.15) is 0 Å². The third kappa shape index (κ3) is 23.8. The van der Waals surface area contributed by atoms with Crippen molar-refractivity contribution >= 4 is 0 Å². The van der Waals surface area contributed by atoms with Crippen molar-refractivity contribution in [2.75, 3.05) is 59.4 Å². The first-order valence-electron chi connectivity index (χ1n) is 19.8. The van der Waals surface area contributed by atoms with Gasteiger partial charge in [-0.1, -0.05) is 64.2 Å². The number of aliphatic hydroxyl groups is 1. The van der Waals surface area contributed by atoms with Crippen molar-refractivity contribution in [1.82, 2.24) is 0 Å². The van der Waals surface area contributed by atoms with E-state index in [9.17, 15) is 0 Å². The third-order valence-electron chi connectivity index (χ3n) is 2.00. The second-order valence-corrected chi connectivity index (χ2v) is 3.76. The Bertz CT molecular complexity index is 1090. The van der Waals surface area contributed by atoms with E-state index in [4.69, 9.17) is 58.3 Å². The van der Waals surface area contributed by atoms with Crippen LogP contribution in [0.3, 0.4) is 0 Å². The van der Waals surface area contributed by atoms with Crippen molar-refractivity contribution < 1.29 is 58.3 Å². The lowest BCUT2D eigenvalue weighted by atomic mass is 10.1. The van der Waals surface area contributed by atoms with Crippen molar-refractivity contribution in [2.24, 2.45) is 0 Å². The Labute approximate surface area is 190 Å². The Balaban J connectivity index is 6.38. The molecule has 0 aliphatic rings. The molecule has 0 rings (SSSR count). The molecule has 0 aromatic carbocycles. The zero-order valence-corrected chi connectivity index (χ0v) is 13.7. The minimum atomic E-state index is -4.85. The fourth-order valence-electron chi connectivity index (χ4n) is 1.07. The maximum absolute atomic E-state index is 8.60. The molecule has 0 aromatic heterocycles. The van der Waals surface area contributed by atoms with E-state index in [1.54, 1.807) is 0 Å². The molecule has 0 saturated carbocycles. The third-order valence-corrected chi connectivity index (χ3v) is 2.00. The van der Waals surface area contributed by atoms with Crippen molar-refractivity contribution in [3.63, 3.8) is 0 Å². The highest BCUT2D eigenvalue weighted by Crippen LogP contribution is 2.10. The van der Waals surface area contributed by atoms with Gasteiger partial charge in [0, 0.05) is 38.1 Å². The van der Waals surface area contributed by atoms with Crippen LogP contribution < -0.4 is 0 Å². The summed E-state index contributed by atoms with van der Waals surface area (Å²) in [5.41, 5.74) is 0. The summed E-state index contributed by atoms with van der Waals surface area (Å²) in [5, 5.41) is 8.60. The molecule has 0 aromatic rings. The first-order chi connectivity index (χ1) is 21.8. The van der Waals surface area contributed by atoms with Crippen LogP contribution in [0.25, 0.3) is 0 Å². The predicted octanol–water partition coefficient (Wildman–Crippen LogP) is 3.97. The molecular weight excluding hydrogens is 320 g/mol. The maximum atomic E-state index is 8.60. The van der Waals surface area contributed by atoms with Gasteiger partial charge in [-0.25, -0.2) is 0 Å². The largest absolute Gasteiger partial charge is 0.394 e. The predicted molar refractivity (Wildman–Crippen MR) is 102 cm³/mol. The Hall–Kier alpha value is -0.200. The summed E-state index contributed by atoms with van der Waals surface area (Å²) in [4.78, 5) is 0. The van der Waals surface area contributed by atoms with Crippen LogP contribution in [-0.2, 0) is 18.9 Å². The lowest BCUT2D eigenvalue weighted by Crippen LogP contribution is -2.12. The average Bonchev–Trinajstić information content (AvgIpc) is 2.94. The Morgan fingerprint density at radius 2 is 1.04 bits per heavy atom. The minimum Gasteiger partial charge on any atom is -0.394 e. The molecule has 25 heavy (non-hydrogen) atoms. The Kier molecular flexibility index (Phi) is 5.62. The van der Waals surface area contributed by atoms with Crippen molar-refractivity contribution in [3.05, 3.63) is 0 Å². The van der Waals surface area contributed by atoms with Crippen molar-refractivity contribution in [2.45, 2.75) is 70.6 Å². The highest BCUT2D eigenvalue weighted by molar-refractivity contribution is 4.47. The van der Waals surface area contributed by atoms with Crippen LogP contribution in [0.1, 0.15) is 105 Å². The van der Waals surface area contributed by atoms with Gasteiger partial charge in [-0.15, -0.1) is 0 Å². The van der Waals surface area contributed by atoms with Gasteiger partial charge < -0.3 is 24.1 Å². The summed E-state index contributed by atoms with van der Waals surface area (Å²) in [5.74, 6) is 0. The van der Waals surface area contributed by atoms with Crippen LogP contribution in [0, 0.1) is 0 Å². The molecule has 0 aliphatic heterocycles. The summed E-state index contributed by atoms with van der Waals surface area (Å²) in [6, 6.07) is 0. The van der Waals surface area contributed by atoms with Crippen LogP contribution in [0.4, 0.5) is 0 Å². The van der Waals surface area contributed by atoms with Crippen molar-refractivity contribution in [1.29, 1.82) is 0 Å². The second-order valence-electron chi connectivity index (χ2n) is 3.76. The van der Waals surface area contributed by atoms with Gasteiger partial charge in [0.25, 0.3) is 0 Å². The topological polar surface area (TPSA) is 57.2 Å². The number of hydrogen-bond acceptors (Lipinski definition) is 5. The van der Waals surface area contributed by atoms with E-state index in [0.717, 1.165) is 0 Å². The molecule has 0 radical (unpaired) electrons. The normalized spacial score (nSPS) is 32.9. The van der Waals surface area contributed by atoms with E-state index in [0.29, 0.717) is 0 Å². The maximum Gasteiger partial charge on any atom is 0.0701 e.